The lowest BCUT2D eigenvalue weighted by Gasteiger charge is -2.23. The van der Waals surface area contributed by atoms with Crippen molar-refractivity contribution in [1.82, 2.24) is 4.72 Å². The van der Waals surface area contributed by atoms with Crippen molar-refractivity contribution >= 4 is 10.0 Å². The van der Waals surface area contributed by atoms with Crippen molar-refractivity contribution in [1.29, 1.82) is 0 Å². The van der Waals surface area contributed by atoms with Crippen LogP contribution in [-0.2, 0) is 24.2 Å². The lowest BCUT2D eigenvalue weighted by molar-refractivity contribution is -0.0786. The molecular formula is C11H25NO5S. The number of hydrogen-bond acceptors (Lipinski definition) is 5. The van der Waals surface area contributed by atoms with E-state index >= 15 is 0 Å². The Labute approximate surface area is 110 Å². The molecule has 0 unspecified atom stereocenters. The number of rotatable bonds is 10. The molecule has 0 aromatic rings. The van der Waals surface area contributed by atoms with Crippen LogP contribution < -0.4 is 4.72 Å². The van der Waals surface area contributed by atoms with Gasteiger partial charge in [-0.1, -0.05) is 0 Å². The Kier molecular flexibility index (Phi) is 8.71. The van der Waals surface area contributed by atoms with Gasteiger partial charge in [-0.3, -0.25) is 0 Å². The normalized spacial score (nSPS) is 15.9. The van der Waals surface area contributed by atoms with Crippen molar-refractivity contribution < 1.29 is 22.6 Å². The summed E-state index contributed by atoms with van der Waals surface area (Å²) < 4.78 is 40.6. The summed E-state index contributed by atoms with van der Waals surface area (Å²) in [7, 11) is -1.63. The Morgan fingerprint density at radius 1 is 1.17 bits per heavy atom. The summed E-state index contributed by atoms with van der Waals surface area (Å²) in [5.74, 6) is 0. The molecule has 0 heterocycles. The van der Waals surface area contributed by atoms with E-state index < -0.39 is 10.0 Å². The van der Waals surface area contributed by atoms with Gasteiger partial charge in [-0.25, -0.2) is 13.1 Å². The average molecular weight is 283 g/mol. The highest BCUT2D eigenvalue weighted by molar-refractivity contribution is 7.88. The van der Waals surface area contributed by atoms with E-state index in [1.54, 1.807) is 7.11 Å². The standard InChI is InChI=1S/C11H25NO5S/c1-9(2)16-8-11(6-12-18(5,13)14)17-10(3)7-15-4/h9-12H,6-8H2,1-5H3/t10-,11+/m0/s1. The second-order valence-electron chi connectivity index (χ2n) is 4.53. The molecule has 0 amide bonds. The van der Waals surface area contributed by atoms with E-state index in [4.69, 9.17) is 14.2 Å². The monoisotopic (exact) mass is 283 g/mol. The summed E-state index contributed by atoms with van der Waals surface area (Å²) >= 11 is 0. The van der Waals surface area contributed by atoms with Crippen LogP contribution in [0.3, 0.4) is 0 Å². The molecule has 110 valence electrons. The van der Waals surface area contributed by atoms with Crippen LogP contribution in [0.25, 0.3) is 0 Å². The fourth-order valence-corrected chi connectivity index (χ4v) is 1.78. The Balaban J connectivity index is 4.23. The summed E-state index contributed by atoms with van der Waals surface area (Å²) in [6.45, 7) is 6.69. The van der Waals surface area contributed by atoms with Gasteiger partial charge in [0, 0.05) is 13.7 Å². The second kappa shape index (κ2) is 8.82. The number of sulfonamides is 1. The predicted octanol–water partition coefficient (Wildman–Crippen LogP) is 0.381. The molecule has 0 aromatic carbocycles. The van der Waals surface area contributed by atoms with Gasteiger partial charge in [0.25, 0.3) is 0 Å². The minimum Gasteiger partial charge on any atom is -0.382 e. The van der Waals surface area contributed by atoms with Gasteiger partial charge in [-0.15, -0.1) is 0 Å². The third-order valence-electron chi connectivity index (χ3n) is 2.01. The first-order chi connectivity index (χ1) is 8.24. The zero-order valence-electron chi connectivity index (χ0n) is 11.8. The maximum atomic E-state index is 11.1. The van der Waals surface area contributed by atoms with Crippen molar-refractivity contribution in [3.05, 3.63) is 0 Å². The van der Waals surface area contributed by atoms with Crippen molar-refractivity contribution in [3.8, 4) is 0 Å². The molecule has 0 aliphatic heterocycles. The molecule has 0 radical (unpaired) electrons. The largest absolute Gasteiger partial charge is 0.382 e. The highest BCUT2D eigenvalue weighted by Crippen LogP contribution is 2.02. The highest BCUT2D eigenvalue weighted by atomic mass is 32.2. The van der Waals surface area contributed by atoms with E-state index in [2.05, 4.69) is 4.72 Å². The van der Waals surface area contributed by atoms with Crippen LogP contribution in [0.4, 0.5) is 0 Å². The molecule has 0 aliphatic rings. The van der Waals surface area contributed by atoms with Gasteiger partial charge in [0.05, 0.1) is 37.8 Å². The molecule has 0 saturated carbocycles. The lowest BCUT2D eigenvalue weighted by atomic mass is 10.3. The summed E-state index contributed by atoms with van der Waals surface area (Å²) in [4.78, 5) is 0. The van der Waals surface area contributed by atoms with Gasteiger partial charge >= 0.3 is 0 Å². The fraction of sp³-hybridized carbons (Fsp3) is 1.00. The number of nitrogens with one attached hydrogen (secondary N) is 1. The molecule has 0 saturated heterocycles. The zero-order valence-corrected chi connectivity index (χ0v) is 12.6. The van der Waals surface area contributed by atoms with Crippen molar-refractivity contribution in [2.24, 2.45) is 0 Å². The van der Waals surface area contributed by atoms with Crippen molar-refractivity contribution in [3.63, 3.8) is 0 Å². The molecule has 7 heteroatoms. The molecule has 0 aliphatic carbocycles. The maximum absolute atomic E-state index is 11.1. The summed E-state index contributed by atoms with van der Waals surface area (Å²) in [6.07, 6.45) is 0.753. The van der Waals surface area contributed by atoms with E-state index in [1.165, 1.54) is 0 Å². The summed E-state index contributed by atoms with van der Waals surface area (Å²) in [5, 5.41) is 0. The van der Waals surface area contributed by atoms with Gasteiger partial charge in [-0.05, 0) is 20.8 Å². The molecule has 2 atom stereocenters. The molecule has 0 fully saturated rings. The van der Waals surface area contributed by atoms with Crippen LogP contribution in [0.15, 0.2) is 0 Å². The average Bonchev–Trinajstić information content (AvgIpc) is 2.21. The number of ether oxygens (including phenoxy) is 3. The zero-order chi connectivity index (χ0) is 14.2. The first-order valence-electron chi connectivity index (χ1n) is 5.95. The third kappa shape index (κ3) is 10.9. The van der Waals surface area contributed by atoms with Crippen molar-refractivity contribution in [2.75, 3.05) is 33.1 Å². The summed E-state index contributed by atoms with van der Waals surface area (Å²) in [5.41, 5.74) is 0. The Hall–Kier alpha value is -0.210. The Bertz CT molecular complexity index is 305. The van der Waals surface area contributed by atoms with Crippen LogP contribution in [0.2, 0.25) is 0 Å². The van der Waals surface area contributed by atoms with Gasteiger partial charge in [0.1, 0.15) is 0 Å². The molecule has 6 nitrogen and oxygen atoms in total. The predicted molar refractivity (Wildman–Crippen MR) is 70.1 cm³/mol. The minimum atomic E-state index is -3.22. The van der Waals surface area contributed by atoms with Gasteiger partial charge < -0.3 is 14.2 Å². The van der Waals surface area contributed by atoms with Gasteiger partial charge in [-0.2, -0.15) is 0 Å². The quantitative estimate of drug-likeness (QED) is 0.627. The van der Waals surface area contributed by atoms with E-state index in [-0.39, 0.29) is 24.9 Å². The molecule has 0 bridgehead atoms. The third-order valence-corrected chi connectivity index (χ3v) is 2.71. The van der Waals surface area contributed by atoms with E-state index in [0.717, 1.165) is 6.26 Å². The molecule has 18 heavy (non-hydrogen) atoms. The lowest BCUT2D eigenvalue weighted by Crippen LogP contribution is -2.39. The van der Waals surface area contributed by atoms with E-state index in [0.29, 0.717) is 13.2 Å². The molecule has 0 rings (SSSR count). The SMILES string of the molecule is COC[C@H](C)O[C@H](CNS(C)(=O)=O)COC(C)C. The minimum absolute atomic E-state index is 0.0760. The molecule has 0 spiro atoms. The van der Waals surface area contributed by atoms with Crippen LogP contribution in [-0.4, -0.2) is 59.9 Å². The number of methoxy groups -OCH3 is 1. The van der Waals surface area contributed by atoms with Crippen LogP contribution >= 0.6 is 0 Å². The molecular weight excluding hydrogens is 258 g/mol. The summed E-state index contributed by atoms with van der Waals surface area (Å²) in [6, 6.07) is 0. The smallest absolute Gasteiger partial charge is 0.208 e. The van der Waals surface area contributed by atoms with Gasteiger partial charge in [0.2, 0.25) is 10.0 Å². The Morgan fingerprint density at radius 3 is 2.22 bits per heavy atom. The van der Waals surface area contributed by atoms with Gasteiger partial charge in [0.15, 0.2) is 0 Å². The highest BCUT2D eigenvalue weighted by Gasteiger charge is 2.16. The molecule has 1 N–H and O–H groups in total. The van der Waals surface area contributed by atoms with E-state index in [9.17, 15) is 8.42 Å². The first-order valence-corrected chi connectivity index (χ1v) is 7.84. The molecule has 0 aromatic heterocycles. The first kappa shape index (κ1) is 17.8. The maximum Gasteiger partial charge on any atom is 0.208 e. The van der Waals surface area contributed by atoms with Crippen LogP contribution in [0, 0.1) is 0 Å². The number of hydrogen-bond donors (Lipinski definition) is 1. The van der Waals surface area contributed by atoms with Crippen LogP contribution in [0.1, 0.15) is 20.8 Å². The van der Waals surface area contributed by atoms with Crippen LogP contribution in [0.5, 0.6) is 0 Å². The topological polar surface area (TPSA) is 73.9 Å². The van der Waals surface area contributed by atoms with E-state index in [1.807, 2.05) is 20.8 Å². The fourth-order valence-electron chi connectivity index (χ4n) is 1.29. The van der Waals surface area contributed by atoms with Crippen molar-refractivity contribution in [2.45, 2.75) is 39.1 Å². The second-order valence-corrected chi connectivity index (χ2v) is 6.36. The Morgan fingerprint density at radius 2 is 1.78 bits per heavy atom.